The maximum absolute atomic E-state index is 12.3. The van der Waals surface area contributed by atoms with Crippen LogP contribution in [0, 0.1) is 5.41 Å². The Balaban J connectivity index is 1.52. The number of fused-ring (bicyclic) bond motifs is 1. The third kappa shape index (κ3) is 3.93. The Kier molecular flexibility index (Phi) is 4.47. The van der Waals surface area contributed by atoms with Crippen molar-refractivity contribution in [2.24, 2.45) is 5.41 Å². The van der Waals surface area contributed by atoms with Gasteiger partial charge in [-0.05, 0) is 55.8 Å². The summed E-state index contributed by atoms with van der Waals surface area (Å²) in [5, 5.41) is 13.7. The number of aliphatic hydroxyl groups is 1. The zero-order valence-corrected chi connectivity index (χ0v) is 14.3. The van der Waals surface area contributed by atoms with Gasteiger partial charge in [-0.25, -0.2) is 0 Å². The van der Waals surface area contributed by atoms with Crippen molar-refractivity contribution in [3.63, 3.8) is 0 Å². The molecule has 4 heteroatoms. The lowest BCUT2D eigenvalue weighted by Crippen LogP contribution is -2.49. The number of benzene rings is 1. The summed E-state index contributed by atoms with van der Waals surface area (Å²) in [6.45, 7) is 4.49. The summed E-state index contributed by atoms with van der Waals surface area (Å²) >= 11 is 0. The Morgan fingerprint density at radius 3 is 2.57 bits per heavy atom. The van der Waals surface area contributed by atoms with Crippen LogP contribution in [-0.4, -0.2) is 48.2 Å². The van der Waals surface area contributed by atoms with E-state index in [0.29, 0.717) is 19.5 Å². The van der Waals surface area contributed by atoms with E-state index < -0.39 is 5.60 Å². The van der Waals surface area contributed by atoms with Gasteiger partial charge < -0.3 is 15.3 Å². The van der Waals surface area contributed by atoms with E-state index in [-0.39, 0.29) is 17.7 Å². The van der Waals surface area contributed by atoms with Crippen molar-refractivity contribution in [1.82, 2.24) is 10.2 Å². The van der Waals surface area contributed by atoms with Crippen molar-refractivity contribution in [2.45, 2.75) is 44.6 Å². The van der Waals surface area contributed by atoms with E-state index in [2.05, 4.69) is 41.4 Å². The van der Waals surface area contributed by atoms with Crippen LogP contribution in [0.15, 0.2) is 24.3 Å². The van der Waals surface area contributed by atoms with E-state index >= 15 is 0 Å². The minimum absolute atomic E-state index is 0.0278. The summed E-state index contributed by atoms with van der Waals surface area (Å²) in [5.41, 5.74) is 2.02. The Bertz CT molecular complexity index is 561. The zero-order chi connectivity index (χ0) is 16.5. The SMILES string of the molecule is CN1CCC[C@](O)(CC(=O)NCC2(C)Cc3ccccc3C2)C1. The largest absolute Gasteiger partial charge is 0.388 e. The van der Waals surface area contributed by atoms with E-state index in [0.717, 1.165) is 25.8 Å². The number of nitrogens with zero attached hydrogens (tertiary/aromatic N) is 1. The Morgan fingerprint density at radius 2 is 1.96 bits per heavy atom. The predicted molar refractivity (Wildman–Crippen MR) is 91.3 cm³/mol. The Morgan fingerprint density at radius 1 is 1.30 bits per heavy atom. The van der Waals surface area contributed by atoms with Crippen molar-refractivity contribution >= 4 is 5.91 Å². The molecule has 0 unspecified atom stereocenters. The van der Waals surface area contributed by atoms with Gasteiger partial charge >= 0.3 is 0 Å². The molecule has 1 aromatic carbocycles. The predicted octanol–water partition coefficient (Wildman–Crippen LogP) is 1.75. The van der Waals surface area contributed by atoms with Crippen LogP contribution in [-0.2, 0) is 17.6 Å². The second-order valence-electron chi connectivity index (χ2n) is 7.95. The van der Waals surface area contributed by atoms with Crippen LogP contribution in [0.2, 0.25) is 0 Å². The molecular formula is C19H28N2O2. The number of piperidine rings is 1. The molecule has 0 radical (unpaired) electrons. The lowest BCUT2D eigenvalue weighted by atomic mass is 9.86. The fourth-order valence-corrected chi connectivity index (χ4v) is 4.17. The van der Waals surface area contributed by atoms with Crippen molar-refractivity contribution in [1.29, 1.82) is 0 Å². The standard InChI is InChI=1S/C19H28N2O2/c1-18(10-15-6-3-4-7-16(15)11-18)13-20-17(22)12-19(23)8-5-9-21(2)14-19/h3-4,6-7,23H,5,8-14H2,1-2H3,(H,20,22)/t19-/m0/s1. The summed E-state index contributed by atoms with van der Waals surface area (Å²) in [4.78, 5) is 14.4. The van der Waals surface area contributed by atoms with Gasteiger partial charge in [-0.2, -0.15) is 0 Å². The highest BCUT2D eigenvalue weighted by Gasteiger charge is 2.36. The molecule has 0 saturated carbocycles. The first-order chi connectivity index (χ1) is 10.9. The first-order valence-corrected chi connectivity index (χ1v) is 8.62. The molecule has 126 valence electrons. The van der Waals surface area contributed by atoms with Gasteiger partial charge in [0.2, 0.25) is 5.91 Å². The molecule has 4 nitrogen and oxygen atoms in total. The van der Waals surface area contributed by atoms with Crippen LogP contribution < -0.4 is 5.32 Å². The second kappa shape index (κ2) is 6.25. The number of likely N-dealkylation sites (N-methyl/N-ethyl adjacent to an activating group) is 1. The van der Waals surface area contributed by atoms with Gasteiger partial charge in [0.25, 0.3) is 0 Å². The molecule has 0 aromatic heterocycles. The van der Waals surface area contributed by atoms with E-state index in [1.807, 2.05) is 7.05 Å². The quantitative estimate of drug-likeness (QED) is 0.890. The molecule has 1 aliphatic carbocycles. The maximum atomic E-state index is 12.3. The lowest BCUT2D eigenvalue weighted by Gasteiger charge is -2.37. The third-order valence-electron chi connectivity index (χ3n) is 5.30. The minimum atomic E-state index is -0.864. The molecule has 1 aromatic rings. The Hall–Kier alpha value is -1.39. The fourth-order valence-electron chi connectivity index (χ4n) is 4.17. The first-order valence-electron chi connectivity index (χ1n) is 8.62. The monoisotopic (exact) mass is 316 g/mol. The fraction of sp³-hybridized carbons (Fsp3) is 0.632. The van der Waals surface area contributed by atoms with Crippen molar-refractivity contribution in [2.75, 3.05) is 26.7 Å². The van der Waals surface area contributed by atoms with Crippen LogP contribution in [0.25, 0.3) is 0 Å². The van der Waals surface area contributed by atoms with Crippen LogP contribution >= 0.6 is 0 Å². The van der Waals surface area contributed by atoms with E-state index in [9.17, 15) is 9.90 Å². The number of likely N-dealkylation sites (tertiary alicyclic amines) is 1. The lowest BCUT2D eigenvalue weighted by molar-refractivity contribution is -0.128. The van der Waals surface area contributed by atoms with Crippen LogP contribution in [0.5, 0.6) is 0 Å². The van der Waals surface area contributed by atoms with E-state index in [1.54, 1.807) is 0 Å². The van der Waals surface area contributed by atoms with Crippen LogP contribution in [0.4, 0.5) is 0 Å². The highest BCUT2D eigenvalue weighted by Crippen LogP contribution is 2.36. The van der Waals surface area contributed by atoms with Gasteiger partial charge in [0.1, 0.15) is 0 Å². The number of amides is 1. The molecule has 1 heterocycles. The topological polar surface area (TPSA) is 52.6 Å². The van der Waals surface area contributed by atoms with Gasteiger partial charge in [0.05, 0.1) is 12.0 Å². The summed E-state index contributed by atoms with van der Waals surface area (Å²) in [5.74, 6) is -0.0278. The number of nitrogens with one attached hydrogen (secondary N) is 1. The third-order valence-corrected chi connectivity index (χ3v) is 5.30. The zero-order valence-electron chi connectivity index (χ0n) is 14.3. The minimum Gasteiger partial charge on any atom is -0.388 e. The summed E-state index contributed by atoms with van der Waals surface area (Å²) < 4.78 is 0. The number of hydrogen-bond acceptors (Lipinski definition) is 3. The highest BCUT2D eigenvalue weighted by molar-refractivity contribution is 5.77. The van der Waals surface area contributed by atoms with Crippen molar-refractivity contribution in [3.05, 3.63) is 35.4 Å². The average molecular weight is 316 g/mol. The van der Waals surface area contributed by atoms with Gasteiger partial charge in [-0.1, -0.05) is 31.2 Å². The molecule has 23 heavy (non-hydrogen) atoms. The Labute approximate surface area is 138 Å². The average Bonchev–Trinajstić information content (AvgIpc) is 2.81. The molecule has 1 saturated heterocycles. The number of carbonyl (C=O) groups is 1. The molecule has 3 rings (SSSR count). The van der Waals surface area contributed by atoms with Gasteiger partial charge in [0.15, 0.2) is 0 Å². The normalized spacial score (nSPS) is 26.7. The smallest absolute Gasteiger partial charge is 0.222 e. The molecule has 0 bridgehead atoms. The van der Waals surface area contributed by atoms with Crippen LogP contribution in [0.1, 0.15) is 37.3 Å². The van der Waals surface area contributed by atoms with Gasteiger partial charge in [0, 0.05) is 13.1 Å². The van der Waals surface area contributed by atoms with Crippen molar-refractivity contribution in [3.8, 4) is 0 Å². The van der Waals surface area contributed by atoms with Crippen molar-refractivity contribution < 1.29 is 9.90 Å². The highest BCUT2D eigenvalue weighted by atomic mass is 16.3. The number of β-amino-alcohol motifs (C(OH)–C–C–N with tert-alkyl or cyclic N) is 1. The summed E-state index contributed by atoms with van der Waals surface area (Å²) in [6.07, 6.45) is 3.90. The van der Waals surface area contributed by atoms with Gasteiger partial charge in [-0.15, -0.1) is 0 Å². The molecule has 1 fully saturated rings. The van der Waals surface area contributed by atoms with E-state index in [4.69, 9.17) is 0 Å². The number of carbonyl (C=O) groups excluding carboxylic acids is 1. The first kappa shape index (κ1) is 16.5. The summed E-state index contributed by atoms with van der Waals surface area (Å²) in [7, 11) is 2.00. The molecule has 0 spiro atoms. The molecule has 2 N–H and O–H groups in total. The maximum Gasteiger partial charge on any atom is 0.222 e. The molecular weight excluding hydrogens is 288 g/mol. The van der Waals surface area contributed by atoms with Gasteiger partial charge in [-0.3, -0.25) is 4.79 Å². The van der Waals surface area contributed by atoms with E-state index in [1.165, 1.54) is 11.1 Å². The number of hydrogen-bond donors (Lipinski definition) is 2. The van der Waals surface area contributed by atoms with Crippen LogP contribution in [0.3, 0.4) is 0 Å². The molecule has 2 aliphatic rings. The molecule has 1 aliphatic heterocycles. The second-order valence-corrected chi connectivity index (χ2v) is 7.95. The number of rotatable bonds is 4. The summed E-state index contributed by atoms with van der Waals surface area (Å²) in [6, 6.07) is 8.53. The molecule has 1 amide bonds. The molecule has 1 atom stereocenters.